The molecule has 2 aromatic heterocycles. The van der Waals surface area contributed by atoms with Gasteiger partial charge < -0.3 is 4.42 Å². The number of benzene rings is 8. The Kier molecular flexibility index (Phi) is 6.52. The van der Waals surface area contributed by atoms with Gasteiger partial charge in [-0.3, -0.25) is 0 Å². The molecule has 0 amide bonds. The molecule has 0 aliphatic heterocycles. The zero-order chi connectivity index (χ0) is 36.8. The summed E-state index contributed by atoms with van der Waals surface area (Å²) in [7, 11) is 0. The largest absolute Gasteiger partial charge is 0.456 e. The van der Waals surface area contributed by atoms with Gasteiger partial charge in [-0.25, -0.2) is 15.0 Å². The maximum absolute atomic E-state index is 6.83. The van der Waals surface area contributed by atoms with Crippen molar-refractivity contribution in [3.05, 3.63) is 210 Å². The summed E-state index contributed by atoms with van der Waals surface area (Å²) < 4.78 is 6.83. The van der Waals surface area contributed by atoms with Gasteiger partial charge in [0, 0.05) is 27.5 Å². The molecule has 12 rings (SSSR count). The highest BCUT2D eigenvalue weighted by molar-refractivity contribution is 6.14. The molecule has 10 aromatic rings. The second-order valence-corrected chi connectivity index (χ2v) is 14.7. The highest BCUT2D eigenvalue weighted by Crippen LogP contribution is 2.63. The lowest BCUT2D eigenvalue weighted by Crippen LogP contribution is -2.25. The lowest BCUT2D eigenvalue weighted by atomic mass is 9.70. The van der Waals surface area contributed by atoms with Gasteiger partial charge >= 0.3 is 0 Å². The topological polar surface area (TPSA) is 51.8 Å². The number of hydrogen-bond acceptors (Lipinski definition) is 4. The normalized spacial score (nSPS) is 13.1. The zero-order valence-electron chi connectivity index (χ0n) is 30.1. The fourth-order valence-corrected chi connectivity index (χ4v) is 9.38. The Morgan fingerprint density at radius 1 is 0.321 bits per heavy atom. The quantitative estimate of drug-likeness (QED) is 0.182. The van der Waals surface area contributed by atoms with Crippen LogP contribution in [0.25, 0.3) is 89.5 Å². The van der Waals surface area contributed by atoms with E-state index in [2.05, 4.69) is 146 Å². The van der Waals surface area contributed by atoms with Crippen LogP contribution < -0.4 is 0 Å². The van der Waals surface area contributed by atoms with E-state index < -0.39 is 5.41 Å². The van der Waals surface area contributed by atoms with Crippen LogP contribution in [0, 0.1) is 0 Å². The van der Waals surface area contributed by atoms with Gasteiger partial charge in [0.2, 0.25) is 0 Å². The van der Waals surface area contributed by atoms with Gasteiger partial charge in [0.15, 0.2) is 17.5 Å². The molecule has 0 bridgehead atoms. The van der Waals surface area contributed by atoms with E-state index >= 15 is 0 Å². The van der Waals surface area contributed by atoms with E-state index in [0.717, 1.165) is 44.2 Å². The summed E-state index contributed by atoms with van der Waals surface area (Å²) in [4.78, 5) is 15.4. The standard InChI is InChI=1S/C52H31N3O/c1-3-14-32(15-4-1)33-26-28-35(29-27-33)50-53-49(34-16-5-2-6-17-34)54-51(55-50)39-21-13-25-46-48(39)41-30-40-38-20-9-12-24-44(38)52(45(40)31-47(41)56-46)42-22-10-7-18-36(42)37-19-8-11-23-43(37)52/h1-31H. The second kappa shape index (κ2) is 11.8. The molecule has 0 saturated carbocycles. The molecule has 260 valence electrons. The van der Waals surface area contributed by atoms with Crippen LogP contribution in [0.15, 0.2) is 192 Å². The van der Waals surface area contributed by atoms with Crippen molar-refractivity contribution in [1.82, 2.24) is 15.0 Å². The maximum atomic E-state index is 6.83. The summed E-state index contributed by atoms with van der Waals surface area (Å²) in [6.07, 6.45) is 0. The van der Waals surface area contributed by atoms with E-state index in [1.54, 1.807) is 0 Å². The van der Waals surface area contributed by atoms with E-state index in [1.807, 2.05) is 42.5 Å². The minimum absolute atomic E-state index is 0.446. The maximum Gasteiger partial charge on any atom is 0.164 e. The molecular formula is C52H31N3O. The highest BCUT2D eigenvalue weighted by atomic mass is 16.3. The van der Waals surface area contributed by atoms with Crippen molar-refractivity contribution in [1.29, 1.82) is 0 Å². The summed E-state index contributed by atoms with van der Waals surface area (Å²) in [5.74, 6) is 1.84. The first-order chi connectivity index (χ1) is 27.8. The molecule has 1 spiro atoms. The van der Waals surface area contributed by atoms with E-state index in [4.69, 9.17) is 19.4 Å². The summed E-state index contributed by atoms with van der Waals surface area (Å²) in [6.45, 7) is 0. The monoisotopic (exact) mass is 713 g/mol. The fraction of sp³-hybridized carbons (Fsp3) is 0.0192. The minimum atomic E-state index is -0.446. The lowest BCUT2D eigenvalue weighted by molar-refractivity contribution is 0.666. The van der Waals surface area contributed by atoms with Gasteiger partial charge in [-0.15, -0.1) is 0 Å². The average Bonchev–Trinajstić information content (AvgIpc) is 3.90. The lowest BCUT2D eigenvalue weighted by Gasteiger charge is -2.30. The highest BCUT2D eigenvalue weighted by Gasteiger charge is 2.51. The van der Waals surface area contributed by atoms with Crippen LogP contribution >= 0.6 is 0 Å². The molecule has 0 fully saturated rings. The minimum Gasteiger partial charge on any atom is -0.456 e. The number of furan rings is 1. The smallest absolute Gasteiger partial charge is 0.164 e. The van der Waals surface area contributed by atoms with Crippen LogP contribution in [0.5, 0.6) is 0 Å². The summed E-state index contributed by atoms with van der Waals surface area (Å²) in [5.41, 5.74) is 16.5. The Balaban J connectivity index is 1.09. The predicted octanol–water partition coefficient (Wildman–Crippen LogP) is 12.8. The number of hydrogen-bond donors (Lipinski definition) is 0. The van der Waals surface area contributed by atoms with Crippen LogP contribution in [0.4, 0.5) is 0 Å². The van der Waals surface area contributed by atoms with Gasteiger partial charge in [-0.05, 0) is 73.8 Å². The van der Waals surface area contributed by atoms with Crippen LogP contribution in [-0.4, -0.2) is 15.0 Å². The third kappa shape index (κ3) is 4.32. The first-order valence-corrected chi connectivity index (χ1v) is 19.0. The van der Waals surface area contributed by atoms with Gasteiger partial charge in [0.25, 0.3) is 0 Å². The Morgan fingerprint density at radius 2 is 0.786 bits per heavy atom. The van der Waals surface area contributed by atoms with E-state index in [-0.39, 0.29) is 0 Å². The number of aromatic nitrogens is 3. The van der Waals surface area contributed by atoms with E-state index in [9.17, 15) is 0 Å². The molecule has 0 radical (unpaired) electrons. The molecule has 2 heterocycles. The molecule has 0 N–H and O–H groups in total. The van der Waals surface area contributed by atoms with Crippen molar-refractivity contribution >= 4 is 21.9 Å². The van der Waals surface area contributed by atoms with Crippen molar-refractivity contribution in [2.24, 2.45) is 0 Å². The Labute approximate surface area is 323 Å². The van der Waals surface area contributed by atoms with Crippen LogP contribution in [0.3, 0.4) is 0 Å². The molecule has 0 unspecified atom stereocenters. The Hall–Kier alpha value is -7.43. The van der Waals surface area contributed by atoms with E-state index in [1.165, 1.54) is 50.1 Å². The Morgan fingerprint density at radius 3 is 1.41 bits per heavy atom. The molecule has 2 aliphatic carbocycles. The van der Waals surface area contributed by atoms with Gasteiger partial charge in [0.05, 0.1) is 5.41 Å². The van der Waals surface area contributed by atoms with Crippen molar-refractivity contribution in [2.75, 3.05) is 0 Å². The van der Waals surface area contributed by atoms with Gasteiger partial charge in [-0.2, -0.15) is 0 Å². The molecule has 0 saturated heterocycles. The number of nitrogens with zero attached hydrogens (tertiary/aromatic N) is 3. The van der Waals surface area contributed by atoms with Crippen molar-refractivity contribution < 1.29 is 4.42 Å². The number of fused-ring (bicyclic) bond motifs is 13. The zero-order valence-corrected chi connectivity index (χ0v) is 30.1. The van der Waals surface area contributed by atoms with Gasteiger partial charge in [0.1, 0.15) is 11.2 Å². The summed E-state index contributed by atoms with van der Waals surface area (Å²) in [6, 6.07) is 66.5. The molecule has 4 nitrogen and oxygen atoms in total. The molecule has 8 aromatic carbocycles. The average molecular weight is 714 g/mol. The third-order valence-electron chi connectivity index (χ3n) is 11.8. The van der Waals surface area contributed by atoms with Crippen LogP contribution in [0.2, 0.25) is 0 Å². The summed E-state index contributed by atoms with van der Waals surface area (Å²) in [5, 5.41) is 2.03. The van der Waals surface area contributed by atoms with Crippen molar-refractivity contribution in [2.45, 2.75) is 5.41 Å². The molecule has 4 heteroatoms. The van der Waals surface area contributed by atoms with Crippen molar-refractivity contribution in [3.63, 3.8) is 0 Å². The first kappa shape index (κ1) is 31.0. The molecule has 0 atom stereocenters. The van der Waals surface area contributed by atoms with Crippen molar-refractivity contribution in [3.8, 4) is 67.5 Å². The molecular weight excluding hydrogens is 683 g/mol. The fourth-order valence-electron chi connectivity index (χ4n) is 9.38. The molecule has 2 aliphatic rings. The number of rotatable bonds is 4. The molecule has 56 heavy (non-hydrogen) atoms. The summed E-state index contributed by atoms with van der Waals surface area (Å²) >= 11 is 0. The predicted molar refractivity (Wildman–Crippen MR) is 225 cm³/mol. The van der Waals surface area contributed by atoms with E-state index in [0.29, 0.717) is 17.5 Å². The first-order valence-electron chi connectivity index (χ1n) is 19.0. The third-order valence-corrected chi connectivity index (χ3v) is 11.8. The second-order valence-electron chi connectivity index (χ2n) is 14.7. The van der Waals surface area contributed by atoms with Crippen LogP contribution in [-0.2, 0) is 5.41 Å². The SMILES string of the molecule is c1ccc(-c2ccc(-c3nc(-c4ccccc4)nc(-c4cccc5oc6cc7c(cc6c45)-c4ccccc4C74c5ccccc5-c5ccccc54)n3)cc2)cc1. The Bertz CT molecular complexity index is 3140. The van der Waals surface area contributed by atoms with Crippen LogP contribution in [0.1, 0.15) is 22.3 Å². The van der Waals surface area contributed by atoms with Gasteiger partial charge in [-0.1, -0.05) is 170 Å².